The van der Waals surface area contributed by atoms with Crippen molar-refractivity contribution >= 4 is 11.4 Å². The second-order valence-corrected chi connectivity index (χ2v) is 4.65. The van der Waals surface area contributed by atoms with Gasteiger partial charge >= 0.3 is 0 Å². The Bertz CT molecular complexity index is 840. The van der Waals surface area contributed by atoms with Crippen LogP contribution in [0.1, 0.15) is 0 Å². The summed E-state index contributed by atoms with van der Waals surface area (Å²) >= 11 is 0. The predicted octanol–water partition coefficient (Wildman–Crippen LogP) is 2.06. The van der Waals surface area contributed by atoms with Gasteiger partial charge in [-0.2, -0.15) is 9.78 Å². The highest BCUT2D eigenvalue weighted by Crippen LogP contribution is 2.20. The van der Waals surface area contributed by atoms with Gasteiger partial charge in [-0.3, -0.25) is 4.79 Å². The van der Waals surface area contributed by atoms with E-state index in [4.69, 9.17) is 11.5 Å². The minimum absolute atomic E-state index is 0.244. The highest BCUT2D eigenvalue weighted by atomic mass is 16.1. The zero-order chi connectivity index (χ0) is 14.8. The molecule has 0 saturated carbocycles. The molecule has 5 heteroatoms. The molecule has 0 atom stereocenters. The number of benzene rings is 2. The van der Waals surface area contributed by atoms with E-state index in [2.05, 4.69) is 5.10 Å². The van der Waals surface area contributed by atoms with Gasteiger partial charge in [0.25, 0.3) is 5.56 Å². The first-order valence-electron chi connectivity index (χ1n) is 6.46. The Morgan fingerprint density at radius 1 is 0.905 bits per heavy atom. The molecule has 1 heterocycles. The summed E-state index contributed by atoms with van der Waals surface area (Å²) in [5, 5.41) is 4.39. The van der Waals surface area contributed by atoms with E-state index in [0.717, 1.165) is 5.56 Å². The minimum Gasteiger partial charge on any atom is -0.399 e. The lowest BCUT2D eigenvalue weighted by molar-refractivity contribution is 0.815. The van der Waals surface area contributed by atoms with Gasteiger partial charge in [-0.25, -0.2) is 0 Å². The van der Waals surface area contributed by atoms with Gasteiger partial charge < -0.3 is 11.5 Å². The van der Waals surface area contributed by atoms with E-state index >= 15 is 0 Å². The molecule has 1 aromatic heterocycles. The molecule has 4 N–H and O–H groups in total. The van der Waals surface area contributed by atoms with Gasteiger partial charge in [0.2, 0.25) is 0 Å². The van der Waals surface area contributed by atoms with Crippen molar-refractivity contribution in [3.05, 3.63) is 71.0 Å². The molecule has 3 rings (SSSR count). The normalized spacial score (nSPS) is 10.5. The number of hydrogen-bond acceptors (Lipinski definition) is 4. The van der Waals surface area contributed by atoms with Gasteiger partial charge in [-0.05, 0) is 24.3 Å². The first-order chi connectivity index (χ1) is 10.1. The van der Waals surface area contributed by atoms with E-state index in [9.17, 15) is 4.79 Å². The number of anilines is 2. The highest BCUT2D eigenvalue weighted by Gasteiger charge is 2.08. The van der Waals surface area contributed by atoms with Gasteiger partial charge in [0.15, 0.2) is 0 Å². The third-order valence-corrected chi connectivity index (χ3v) is 3.15. The maximum absolute atomic E-state index is 12.1. The van der Waals surface area contributed by atoms with Crippen molar-refractivity contribution in [1.29, 1.82) is 0 Å². The Morgan fingerprint density at radius 3 is 2.38 bits per heavy atom. The maximum Gasteiger partial charge on any atom is 0.271 e. The molecule has 0 bridgehead atoms. The average Bonchev–Trinajstić information content (AvgIpc) is 2.49. The molecular formula is C16H14N4O. The van der Waals surface area contributed by atoms with Crippen LogP contribution in [0.2, 0.25) is 0 Å². The quantitative estimate of drug-likeness (QED) is 0.702. The zero-order valence-electron chi connectivity index (χ0n) is 11.2. The minimum atomic E-state index is -0.244. The van der Waals surface area contributed by atoms with Crippen molar-refractivity contribution in [3.8, 4) is 16.9 Å². The fraction of sp³-hybridized carbons (Fsp3) is 0. The average molecular weight is 278 g/mol. The first-order valence-corrected chi connectivity index (χ1v) is 6.46. The number of rotatable bonds is 2. The molecule has 0 aliphatic heterocycles. The second kappa shape index (κ2) is 5.13. The molecule has 5 nitrogen and oxygen atoms in total. The second-order valence-electron chi connectivity index (χ2n) is 4.65. The van der Waals surface area contributed by atoms with Crippen LogP contribution in [0.4, 0.5) is 11.4 Å². The molecule has 3 aromatic rings. The van der Waals surface area contributed by atoms with Crippen molar-refractivity contribution < 1.29 is 0 Å². The van der Waals surface area contributed by atoms with Gasteiger partial charge in [-0.1, -0.05) is 30.3 Å². The van der Waals surface area contributed by atoms with E-state index in [-0.39, 0.29) is 5.56 Å². The Labute approximate surface area is 121 Å². The highest BCUT2D eigenvalue weighted by molar-refractivity contribution is 5.64. The number of nitrogens with zero attached hydrogens (tertiary/aromatic N) is 2. The Hall–Kier alpha value is -3.08. The van der Waals surface area contributed by atoms with Gasteiger partial charge in [0, 0.05) is 17.3 Å². The molecule has 0 amide bonds. The van der Waals surface area contributed by atoms with Gasteiger partial charge in [0.1, 0.15) is 0 Å². The van der Waals surface area contributed by atoms with E-state index in [1.807, 2.05) is 30.3 Å². The van der Waals surface area contributed by atoms with Crippen LogP contribution in [0.5, 0.6) is 0 Å². The Morgan fingerprint density at radius 2 is 1.67 bits per heavy atom. The Kier molecular flexibility index (Phi) is 3.16. The standard InChI is InChI=1S/C16H14N4O/c17-12-6-8-15(13(18)10-12)20-16(21)9-7-14(19-20)11-4-2-1-3-5-11/h1-10H,17-18H2. The summed E-state index contributed by atoms with van der Waals surface area (Å²) in [6, 6.07) is 17.8. The fourth-order valence-electron chi connectivity index (χ4n) is 2.11. The maximum atomic E-state index is 12.1. The monoisotopic (exact) mass is 278 g/mol. The van der Waals surface area contributed by atoms with Crippen LogP contribution < -0.4 is 17.0 Å². The SMILES string of the molecule is Nc1ccc(-n2nc(-c3ccccc3)ccc2=O)c(N)c1. The molecule has 0 aliphatic carbocycles. The zero-order valence-corrected chi connectivity index (χ0v) is 11.2. The molecule has 104 valence electrons. The third kappa shape index (κ3) is 2.49. The van der Waals surface area contributed by atoms with Crippen LogP contribution in [0, 0.1) is 0 Å². The number of nitrogens with two attached hydrogens (primary N) is 2. The summed E-state index contributed by atoms with van der Waals surface area (Å²) in [4.78, 5) is 12.1. The lowest BCUT2D eigenvalue weighted by atomic mass is 10.1. The summed E-state index contributed by atoms with van der Waals surface area (Å²) < 4.78 is 1.29. The molecule has 0 radical (unpaired) electrons. The smallest absolute Gasteiger partial charge is 0.271 e. The molecule has 0 aliphatic rings. The molecule has 2 aromatic carbocycles. The van der Waals surface area contributed by atoms with Gasteiger partial charge in [0.05, 0.1) is 17.1 Å². The summed E-state index contributed by atoms with van der Waals surface area (Å²) in [6.07, 6.45) is 0. The molecule has 0 unspecified atom stereocenters. The number of nitrogen functional groups attached to an aromatic ring is 2. The Balaban J connectivity index is 2.17. The topological polar surface area (TPSA) is 86.9 Å². The first kappa shape index (κ1) is 12.9. The number of hydrogen-bond donors (Lipinski definition) is 2. The van der Waals surface area contributed by atoms with Crippen molar-refractivity contribution in [2.75, 3.05) is 11.5 Å². The fourth-order valence-corrected chi connectivity index (χ4v) is 2.11. The summed E-state index contributed by atoms with van der Waals surface area (Å²) in [7, 11) is 0. The molecule has 0 saturated heterocycles. The van der Waals surface area contributed by atoms with E-state index in [0.29, 0.717) is 22.8 Å². The van der Waals surface area contributed by atoms with Crippen LogP contribution in [0.25, 0.3) is 16.9 Å². The lowest BCUT2D eigenvalue weighted by Crippen LogP contribution is -2.21. The summed E-state index contributed by atoms with van der Waals surface area (Å²) in [6.45, 7) is 0. The van der Waals surface area contributed by atoms with Crippen molar-refractivity contribution in [1.82, 2.24) is 9.78 Å². The molecule has 21 heavy (non-hydrogen) atoms. The molecule has 0 spiro atoms. The number of aromatic nitrogens is 2. The van der Waals surface area contributed by atoms with E-state index in [1.54, 1.807) is 24.3 Å². The van der Waals surface area contributed by atoms with Crippen LogP contribution in [-0.2, 0) is 0 Å². The van der Waals surface area contributed by atoms with Crippen LogP contribution in [0.15, 0.2) is 65.5 Å². The van der Waals surface area contributed by atoms with Crippen LogP contribution >= 0.6 is 0 Å². The van der Waals surface area contributed by atoms with Gasteiger partial charge in [-0.15, -0.1) is 0 Å². The van der Waals surface area contributed by atoms with Crippen LogP contribution in [0.3, 0.4) is 0 Å². The van der Waals surface area contributed by atoms with Crippen molar-refractivity contribution in [3.63, 3.8) is 0 Å². The molecular weight excluding hydrogens is 264 g/mol. The largest absolute Gasteiger partial charge is 0.399 e. The van der Waals surface area contributed by atoms with E-state index in [1.165, 1.54) is 10.7 Å². The summed E-state index contributed by atoms with van der Waals surface area (Å²) in [5.41, 5.74) is 14.5. The van der Waals surface area contributed by atoms with Crippen molar-refractivity contribution in [2.45, 2.75) is 0 Å². The third-order valence-electron chi connectivity index (χ3n) is 3.15. The van der Waals surface area contributed by atoms with E-state index < -0.39 is 0 Å². The lowest BCUT2D eigenvalue weighted by Gasteiger charge is -2.10. The van der Waals surface area contributed by atoms with Crippen molar-refractivity contribution in [2.24, 2.45) is 0 Å². The predicted molar refractivity (Wildman–Crippen MR) is 84.1 cm³/mol. The van der Waals surface area contributed by atoms with Crippen LogP contribution in [-0.4, -0.2) is 9.78 Å². The molecule has 0 fully saturated rings. The summed E-state index contributed by atoms with van der Waals surface area (Å²) in [5.74, 6) is 0.